The lowest BCUT2D eigenvalue weighted by atomic mass is 9.82. The molecule has 114 valence electrons. The number of aryl methyl sites for hydroxylation is 1. The number of aromatic nitrogens is 4. The highest BCUT2D eigenvalue weighted by Crippen LogP contribution is 2.37. The Morgan fingerprint density at radius 2 is 2.13 bits per heavy atom. The van der Waals surface area contributed by atoms with E-state index in [0.717, 1.165) is 11.2 Å². The topological polar surface area (TPSA) is 46.0 Å². The van der Waals surface area contributed by atoms with Gasteiger partial charge in [0.05, 0.1) is 11.7 Å². The van der Waals surface area contributed by atoms with Crippen LogP contribution in [0.4, 0.5) is 0 Å². The van der Waals surface area contributed by atoms with Crippen LogP contribution in [-0.2, 0) is 0 Å². The first kappa shape index (κ1) is 12.9. The lowest BCUT2D eigenvalue weighted by molar-refractivity contribution is 0.412. The van der Waals surface area contributed by atoms with Crippen LogP contribution in [-0.4, -0.2) is 19.6 Å². The number of nitrogens with one attached hydrogen (secondary N) is 1. The zero-order chi connectivity index (χ0) is 15.4. The van der Waals surface area contributed by atoms with Crippen molar-refractivity contribution in [1.29, 1.82) is 0 Å². The van der Waals surface area contributed by atoms with E-state index in [1.807, 2.05) is 16.9 Å². The molecule has 1 aliphatic rings. The van der Waals surface area contributed by atoms with Crippen LogP contribution in [0.1, 0.15) is 36.4 Å². The fourth-order valence-corrected chi connectivity index (χ4v) is 3.46. The predicted octanol–water partition coefficient (Wildman–Crippen LogP) is 4.45. The quantitative estimate of drug-likeness (QED) is 0.594. The molecule has 4 heterocycles. The molecule has 0 saturated heterocycles. The van der Waals surface area contributed by atoms with Crippen LogP contribution in [0.5, 0.6) is 0 Å². The number of hydrogen-bond donors (Lipinski definition) is 1. The van der Waals surface area contributed by atoms with Crippen LogP contribution in [0.2, 0.25) is 0 Å². The van der Waals surface area contributed by atoms with Crippen LogP contribution in [0.25, 0.3) is 27.7 Å². The van der Waals surface area contributed by atoms with E-state index < -0.39 is 0 Å². The molecule has 0 aliphatic heterocycles. The van der Waals surface area contributed by atoms with Gasteiger partial charge in [0, 0.05) is 35.0 Å². The molecule has 0 aromatic carbocycles. The minimum atomic E-state index is 0.664. The summed E-state index contributed by atoms with van der Waals surface area (Å²) in [6.45, 7) is 2.09. The highest BCUT2D eigenvalue weighted by molar-refractivity contribution is 5.94. The van der Waals surface area contributed by atoms with E-state index in [1.54, 1.807) is 0 Å². The maximum atomic E-state index is 4.84. The van der Waals surface area contributed by atoms with E-state index in [9.17, 15) is 0 Å². The molecular formula is C19H18N4. The molecular weight excluding hydrogens is 284 g/mol. The fraction of sp³-hybridized carbons (Fsp3) is 0.263. The van der Waals surface area contributed by atoms with Crippen LogP contribution in [0.3, 0.4) is 0 Å². The maximum Gasteiger partial charge on any atom is 0.138 e. The van der Waals surface area contributed by atoms with E-state index >= 15 is 0 Å². The molecule has 0 radical (unpaired) electrons. The number of hydrogen-bond acceptors (Lipinski definition) is 2. The second-order valence-corrected chi connectivity index (χ2v) is 6.54. The van der Waals surface area contributed by atoms with Crippen LogP contribution >= 0.6 is 0 Å². The van der Waals surface area contributed by atoms with Crippen LogP contribution in [0.15, 0.2) is 42.9 Å². The number of nitrogens with zero attached hydrogens (tertiary/aromatic N) is 3. The Bertz CT molecular complexity index is 1020. The van der Waals surface area contributed by atoms with Crippen molar-refractivity contribution in [2.45, 2.75) is 32.1 Å². The Balaban J connectivity index is 1.64. The van der Waals surface area contributed by atoms with E-state index in [2.05, 4.69) is 47.5 Å². The van der Waals surface area contributed by atoms with E-state index in [-0.39, 0.29) is 0 Å². The second kappa shape index (κ2) is 4.69. The van der Waals surface area contributed by atoms with Gasteiger partial charge in [-0.05, 0) is 55.2 Å². The lowest BCUT2D eigenvalue weighted by Crippen LogP contribution is -2.10. The van der Waals surface area contributed by atoms with Gasteiger partial charge in [-0.2, -0.15) is 5.10 Å². The Labute approximate surface area is 134 Å². The zero-order valence-electron chi connectivity index (χ0n) is 13.1. The number of fused-ring (bicyclic) bond motifs is 2. The summed E-state index contributed by atoms with van der Waals surface area (Å²) in [4.78, 5) is 8.19. The predicted molar refractivity (Wildman–Crippen MR) is 91.6 cm³/mol. The molecule has 1 saturated carbocycles. The largest absolute Gasteiger partial charge is 0.346 e. The molecule has 23 heavy (non-hydrogen) atoms. The molecule has 0 atom stereocenters. The van der Waals surface area contributed by atoms with Crippen molar-refractivity contribution in [3.8, 4) is 11.1 Å². The summed E-state index contributed by atoms with van der Waals surface area (Å²) in [5.74, 6) is 0.664. The van der Waals surface area contributed by atoms with Gasteiger partial charge in [0.2, 0.25) is 0 Å². The lowest BCUT2D eigenvalue weighted by Gasteiger charge is -2.24. The Morgan fingerprint density at radius 1 is 1.22 bits per heavy atom. The number of pyridine rings is 2. The normalized spacial score (nSPS) is 15.3. The van der Waals surface area contributed by atoms with E-state index in [4.69, 9.17) is 4.98 Å². The number of rotatable bonds is 2. The van der Waals surface area contributed by atoms with Crippen molar-refractivity contribution in [3.63, 3.8) is 0 Å². The molecule has 0 unspecified atom stereocenters. The molecule has 5 rings (SSSR count). The molecule has 0 spiro atoms. The second-order valence-electron chi connectivity index (χ2n) is 6.54. The van der Waals surface area contributed by atoms with Crippen LogP contribution < -0.4 is 0 Å². The zero-order valence-corrected chi connectivity index (χ0v) is 13.1. The Kier molecular flexibility index (Phi) is 2.62. The SMILES string of the molecule is Cc1cnn2ccc(-c3c[nH]c4nc(C5CCC5)ccc34)cc12. The van der Waals surface area contributed by atoms with E-state index in [1.165, 1.54) is 47.0 Å². The molecule has 1 N–H and O–H groups in total. The number of aromatic amines is 1. The fourth-order valence-electron chi connectivity index (χ4n) is 3.46. The summed E-state index contributed by atoms with van der Waals surface area (Å²) in [5.41, 5.74) is 6.98. The molecule has 4 heteroatoms. The third-order valence-electron chi connectivity index (χ3n) is 5.11. The van der Waals surface area contributed by atoms with Gasteiger partial charge in [-0.25, -0.2) is 9.50 Å². The average Bonchev–Trinajstić information content (AvgIpc) is 3.09. The molecule has 4 aromatic heterocycles. The molecule has 1 aliphatic carbocycles. The standard InChI is InChI=1S/C19H18N4/c1-12-10-21-23-8-7-14(9-18(12)23)16-11-20-19-15(16)5-6-17(22-19)13-3-2-4-13/h5-11,13H,2-4H2,1H3,(H,20,22). The van der Waals surface area contributed by atoms with Gasteiger partial charge in [0.15, 0.2) is 0 Å². The van der Waals surface area contributed by atoms with Crippen molar-refractivity contribution in [2.24, 2.45) is 0 Å². The highest BCUT2D eigenvalue weighted by Gasteiger charge is 2.21. The van der Waals surface area contributed by atoms with Gasteiger partial charge >= 0.3 is 0 Å². The van der Waals surface area contributed by atoms with Gasteiger partial charge in [-0.1, -0.05) is 6.42 Å². The molecule has 4 aromatic rings. The first-order valence-corrected chi connectivity index (χ1v) is 8.22. The Morgan fingerprint density at radius 3 is 2.96 bits per heavy atom. The van der Waals surface area contributed by atoms with Crippen molar-refractivity contribution in [1.82, 2.24) is 19.6 Å². The summed E-state index contributed by atoms with van der Waals surface area (Å²) in [6.07, 6.45) is 9.89. The van der Waals surface area contributed by atoms with Gasteiger partial charge < -0.3 is 4.98 Å². The Hall–Kier alpha value is -2.62. The van der Waals surface area contributed by atoms with Crippen molar-refractivity contribution in [2.75, 3.05) is 0 Å². The summed E-state index contributed by atoms with van der Waals surface area (Å²) in [6, 6.07) is 8.73. The van der Waals surface area contributed by atoms with E-state index in [0.29, 0.717) is 5.92 Å². The maximum absolute atomic E-state index is 4.84. The summed E-state index contributed by atoms with van der Waals surface area (Å²) in [5, 5.41) is 5.54. The summed E-state index contributed by atoms with van der Waals surface area (Å²) < 4.78 is 1.92. The summed E-state index contributed by atoms with van der Waals surface area (Å²) in [7, 11) is 0. The smallest absolute Gasteiger partial charge is 0.138 e. The third-order valence-corrected chi connectivity index (χ3v) is 5.11. The first-order chi connectivity index (χ1) is 11.3. The van der Waals surface area contributed by atoms with Crippen LogP contribution in [0, 0.1) is 6.92 Å². The average molecular weight is 302 g/mol. The van der Waals surface area contributed by atoms with Crippen molar-refractivity contribution >= 4 is 16.6 Å². The molecule has 0 bridgehead atoms. The minimum absolute atomic E-state index is 0.664. The summed E-state index contributed by atoms with van der Waals surface area (Å²) >= 11 is 0. The van der Waals surface area contributed by atoms with Gasteiger partial charge in [0.25, 0.3) is 0 Å². The van der Waals surface area contributed by atoms with Crippen molar-refractivity contribution in [3.05, 3.63) is 54.1 Å². The monoisotopic (exact) mass is 302 g/mol. The van der Waals surface area contributed by atoms with Gasteiger partial charge in [0.1, 0.15) is 5.65 Å². The molecule has 4 nitrogen and oxygen atoms in total. The first-order valence-electron chi connectivity index (χ1n) is 8.22. The molecule has 1 fully saturated rings. The highest BCUT2D eigenvalue weighted by atomic mass is 15.2. The van der Waals surface area contributed by atoms with Gasteiger partial charge in [-0.15, -0.1) is 0 Å². The van der Waals surface area contributed by atoms with Crippen molar-refractivity contribution < 1.29 is 0 Å². The minimum Gasteiger partial charge on any atom is -0.346 e. The molecule has 0 amide bonds. The number of H-pyrrole nitrogens is 1. The van der Waals surface area contributed by atoms with Gasteiger partial charge in [-0.3, -0.25) is 0 Å². The third kappa shape index (κ3) is 1.91.